The highest BCUT2D eigenvalue weighted by molar-refractivity contribution is 6.01. The Balaban J connectivity index is 1.56. The molecule has 0 aromatic carbocycles. The maximum Gasteiger partial charge on any atom is 0.249 e. The zero-order valence-electron chi connectivity index (χ0n) is 14.3. The number of anilines is 1. The van der Waals surface area contributed by atoms with Gasteiger partial charge in [-0.2, -0.15) is 5.10 Å². The van der Waals surface area contributed by atoms with Crippen molar-refractivity contribution in [2.24, 2.45) is 0 Å². The van der Waals surface area contributed by atoms with E-state index in [-0.39, 0.29) is 11.8 Å². The van der Waals surface area contributed by atoms with Crippen LogP contribution in [-0.2, 0) is 9.59 Å². The molecular weight excluding hydrogens is 306 g/mol. The predicted molar refractivity (Wildman–Crippen MR) is 90.5 cm³/mol. The third-order valence-corrected chi connectivity index (χ3v) is 4.92. The first-order chi connectivity index (χ1) is 11.5. The molecule has 0 bridgehead atoms. The molecule has 1 atom stereocenters. The van der Waals surface area contributed by atoms with Crippen molar-refractivity contribution in [2.75, 3.05) is 18.4 Å². The molecule has 2 aliphatic rings. The van der Waals surface area contributed by atoms with Gasteiger partial charge in [-0.05, 0) is 58.3 Å². The molecule has 1 aromatic rings. The molecule has 0 saturated carbocycles. The van der Waals surface area contributed by atoms with Crippen molar-refractivity contribution in [1.29, 1.82) is 0 Å². The van der Waals surface area contributed by atoms with E-state index < -0.39 is 6.04 Å². The number of nitrogens with zero attached hydrogens (tertiary/aromatic N) is 3. The molecule has 24 heavy (non-hydrogen) atoms. The van der Waals surface area contributed by atoms with Crippen molar-refractivity contribution in [2.45, 2.75) is 57.5 Å². The van der Waals surface area contributed by atoms with Crippen LogP contribution >= 0.6 is 0 Å². The van der Waals surface area contributed by atoms with E-state index >= 15 is 0 Å². The van der Waals surface area contributed by atoms with Crippen LogP contribution in [-0.4, -0.2) is 52.1 Å². The maximum absolute atomic E-state index is 11.8. The van der Waals surface area contributed by atoms with Crippen LogP contribution in [0.4, 0.5) is 5.82 Å². The molecule has 2 N–H and O–H groups in total. The van der Waals surface area contributed by atoms with Crippen LogP contribution in [0.15, 0.2) is 12.1 Å². The van der Waals surface area contributed by atoms with Crippen molar-refractivity contribution < 1.29 is 9.59 Å². The number of aromatic nitrogens is 2. The van der Waals surface area contributed by atoms with Crippen molar-refractivity contribution in [1.82, 2.24) is 20.4 Å². The largest absolute Gasteiger partial charge is 0.357 e. The van der Waals surface area contributed by atoms with E-state index in [1.54, 1.807) is 0 Å². The molecule has 2 fully saturated rings. The van der Waals surface area contributed by atoms with E-state index in [1.165, 1.54) is 0 Å². The Hall–Kier alpha value is -2.02. The number of amides is 2. The first kappa shape index (κ1) is 16.8. The van der Waals surface area contributed by atoms with Gasteiger partial charge in [0.05, 0.1) is 5.69 Å². The van der Waals surface area contributed by atoms with Crippen LogP contribution in [0.1, 0.15) is 51.1 Å². The molecule has 7 heteroatoms. The average molecular weight is 331 g/mol. The molecule has 1 unspecified atom stereocenters. The van der Waals surface area contributed by atoms with Crippen LogP contribution < -0.4 is 10.6 Å². The smallest absolute Gasteiger partial charge is 0.249 e. The summed E-state index contributed by atoms with van der Waals surface area (Å²) in [5.74, 6) is 0.524. The van der Waals surface area contributed by atoms with Crippen molar-refractivity contribution >= 4 is 17.6 Å². The number of carbonyl (C=O) groups excluding carboxylic acids is 2. The summed E-state index contributed by atoms with van der Waals surface area (Å²) in [6, 6.07) is 4.05. The van der Waals surface area contributed by atoms with Gasteiger partial charge >= 0.3 is 0 Å². The van der Waals surface area contributed by atoms with Gasteiger partial charge in [-0.25, -0.2) is 0 Å². The molecule has 3 rings (SSSR count). The Kier molecular flexibility index (Phi) is 5.08. The van der Waals surface area contributed by atoms with Crippen molar-refractivity contribution in [3.05, 3.63) is 17.8 Å². The second-order valence-electron chi connectivity index (χ2n) is 6.90. The van der Waals surface area contributed by atoms with E-state index in [1.807, 2.05) is 12.1 Å². The van der Waals surface area contributed by atoms with E-state index in [0.29, 0.717) is 30.6 Å². The first-order valence-corrected chi connectivity index (χ1v) is 8.71. The normalized spacial score (nSPS) is 23.4. The summed E-state index contributed by atoms with van der Waals surface area (Å²) >= 11 is 0. The number of piperidine rings is 2. The fourth-order valence-corrected chi connectivity index (χ4v) is 3.36. The van der Waals surface area contributed by atoms with Crippen molar-refractivity contribution in [3.8, 4) is 0 Å². The Bertz CT molecular complexity index is 594. The highest BCUT2D eigenvalue weighted by Gasteiger charge is 2.27. The van der Waals surface area contributed by atoms with Gasteiger partial charge in [0.1, 0.15) is 11.9 Å². The lowest BCUT2D eigenvalue weighted by Gasteiger charge is -2.34. The minimum atomic E-state index is -0.419. The topological polar surface area (TPSA) is 87.2 Å². The molecule has 0 spiro atoms. The van der Waals surface area contributed by atoms with Gasteiger partial charge in [-0.1, -0.05) is 0 Å². The minimum Gasteiger partial charge on any atom is -0.357 e. The second-order valence-corrected chi connectivity index (χ2v) is 6.90. The van der Waals surface area contributed by atoms with Gasteiger partial charge in [0, 0.05) is 18.4 Å². The molecule has 1 aromatic heterocycles. The van der Waals surface area contributed by atoms with Gasteiger partial charge in [0.2, 0.25) is 11.8 Å². The highest BCUT2D eigenvalue weighted by Crippen LogP contribution is 2.27. The summed E-state index contributed by atoms with van der Waals surface area (Å²) in [7, 11) is 0. The first-order valence-electron chi connectivity index (χ1n) is 8.71. The Morgan fingerprint density at radius 3 is 2.50 bits per heavy atom. The van der Waals surface area contributed by atoms with Crippen molar-refractivity contribution in [3.63, 3.8) is 0 Å². The van der Waals surface area contributed by atoms with Gasteiger partial charge in [-0.3, -0.25) is 14.9 Å². The summed E-state index contributed by atoms with van der Waals surface area (Å²) < 4.78 is 0. The number of rotatable bonds is 4. The minimum absolute atomic E-state index is 0.216. The summed E-state index contributed by atoms with van der Waals surface area (Å²) in [5.41, 5.74) is 1.02. The number of hydrogen-bond acceptors (Lipinski definition) is 6. The number of carbonyl (C=O) groups is 2. The van der Waals surface area contributed by atoms with Crippen LogP contribution in [0.2, 0.25) is 0 Å². The quantitative estimate of drug-likeness (QED) is 0.808. The van der Waals surface area contributed by atoms with Crippen LogP contribution in [0.3, 0.4) is 0 Å². The lowest BCUT2D eigenvalue weighted by molar-refractivity contribution is -0.133. The summed E-state index contributed by atoms with van der Waals surface area (Å²) in [6.07, 6.45) is 3.05. The molecule has 0 radical (unpaired) electrons. The lowest BCUT2D eigenvalue weighted by Crippen LogP contribution is -2.47. The number of hydrogen-bond donors (Lipinski definition) is 2. The Morgan fingerprint density at radius 2 is 1.92 bits per heavy atom. The number of imide groups is 1. The molecule has 2 aliphatic heterocycles. The zero-order valence-corrected chi connectivity index (χ0v) is 14.3. The Morgan fingerprint density at radius 1 is 1.17 bits per heavy atom. The van der Waals surface area contributed by atoms with Crippen LogP contribution in [0.25, 0.3) is 0 Å². The summed E-state index contributed by atoms with van der Waals surface area (Å²) in [6.45, 7) is 6.66. The summed E-state index contributed by atoms with van der Waals surface area (Å²) in [5, 5.41) is 14.0. The van der Waals surface area contributed by atoms with E-state index in [4.69, 9.17) is 0 Å². The predicted octanol–water partition coefficient (Wildman–Crippen LogP) is 1.28. The van der Waals surface area contributed by atoms with Gasteiger partial charge < -0.3 is 10.2 Å². The average Bonchev–Trinajstić information content (AvgIpc) is 2.58. The van der Waals surface area contributed by atoms with Gasteiger partial charge in [0.15, 0.2) is 0 Å². The van der Waals surface area contributed by atoms with E-state index in [2.05, 4.69) is 39.6 Å². The molecule has 7 nitrogen and oxygen atoms in total. The number of likely N-dealkylation sites (tertiary alicyclic amines) is 1. The van der Waals surface area contributed by atoms with Crippen LogP contribution in [0.5, 0.6) is 0 Å². The third-order valence-electron chi connectivity index (χ3n) is 4.92. The van der Waals surface area contributed by atoms with Gasteiger partial charge in [-0.15, -0.1) is 5.10 Å². The fraction of sp³-hybridized carbons (Fsp3) is 0.647. The Labute approximate surface area is 142 Å². The number of nitrogens with one attached hydrogen (secondary N) is 2. The van der Waals surface area contributed by atoms with E-state index in [0.717, 1.165) is 31.6 Å². The molecule has 2 amide bonds. The second kappa shape index (κ2) is 7.25. The molecule has 0 aliphatic carbocycles. The fourth-order valence-electron chi connectivity index (χ4n) is 3.36. The summed E-state index contributed by atoms with van der Waals surface area (Å²) in [4.78, 5) is 25.4. The van der Waals surface area contributed by atoms with Gasteiger partial charge in [0.25, 0.3) is 0 Å². The van der Waals surface area contributed by atoms with E-state index in [9.17, 15) is 9.59 Å². The lowest BCUT2D eigenvalue weighted by atomic mass is 9.93. The monoisotopic (exact) mass is 331 g/mol. The van der Waals surface area contributed by atoms with Crippen LogP contribution in [0, 0.1) is 0 Å². The standard InChI is InChI=1S/C17H25N5O2/c1-11(2)22-9-7-12(8-10-22)13-3-5-15(21-20-13)18-14-4-6-16(23)19-17(14)24/h3,5,11-12,14H,4,6-10H2,1-2H3,(H,18,21)(H,19,23,24). The molecule has 2 saturated heterocycles. The maximum atomic E-state index is 11.8. The highest BCUT2D eigenvalue weighted by atomic mass is 16.2. The zero-order chi connectivity index (χ0) is 17.1. The molecule has 130 valence electrons. The SMILES string of the molecule is CC(C)N1CCC(c2ccc(NC3CCC(=O)NC3=O)nn2)CC1. The molecule has 3 heterocycles. The molecular formula is C17H25N5O2. The third kappa shape index (κ3) is 3.90.